The quantitative estimate of drug-likeness (QED) is 0.0742. The number of aromatic amines is 2. The predicted octanol–water partition coefficient (Wildman–Crippen LogP) is 7.76. The molecule has 0 radical (unpaired) electrons. The summed E-state index contributed by atoms with van der Waals surface area (Å²) < 4.78 is 0. The third kappa shape index (κ3) is 9.63. The van der Waals surface area contributed by atoms with Gasteiger partial charge in [0.25, 0.3) is 0 Å². The minimum Gasteiger partial charge on any atom is -0.478 e. The Morgan fingerprint density at radius 2 is 1.58 bits per heavy atom. The number of benzene rings is 4. The van der Waals surface area contributed by atoms with Gasteiger partial charge in [0, 0.05) is 66.9 Å². The van der Waals surface area contributed by atoms with Gasteiger partial charge in [-0.15, -0.1) is 0 Å². The smallest absolute Gasteiger partial charge is 0.348 e. The van der Waals surface area contributed by atoms with Crippen molar-refractivity contribution in [1.82, 2.24) is 25.3 Å². The van der Waals surface area contributed by atoms with Gasteiger partial charge in [0.1, 0.15) is 5.82 Å². The number of rotatable bonds is 12. The van der Waals surface area contributed by atoms with E-state index in [0.29, 0.717) is 12.3 Å². The standard InChI is InChI=1S/C41H39N5O4.C3H4N2/c47-37(42-24-6-9-28-7-2-1-3-8-28)23-12-29-10-13-31(14-11-29)38-39(32-17-15-30(16-18-32)35-27-36(41(48)49)50-45-35)44-40(43-38)33-19-21-34(22-20-33)46-25-4-5-26-46;1-2-5-3-4-1/h1-3,7-8,10-23,36H,4-6,9,24-27H2,(H,42,47)(H,43,44)(H,48,49);1-3H,(H,4,5)/b23-12+;. The Morgan fingerprint density at radius 3 is 2.24 bits per heavy atom. The van der Waals surface area contributed by atoms with Crippen LogP contribution in [0.4, 0.5) is 5.69 Å². The maximum absolute atomic E-state index is 12.5. The molecule has 2 aromatic heterocycles. The number of carboxylic acids is 1. The number of aliphatic carboxylic acids is 1. The van der Waals surface area contributed by atoms with Gasteiger partial charge in [0.05, 0.1) is 23.4 Å². The van der Waals surface area contributed by atoms with E-state index in [9.17, 15) is 14.7 Å². The van der Waals surface area contributed by atoms with Crippen molar-refractivity contribution in [2.75, 3.05) is 24.5 Å². The maximum Gasteiger partial charge on any atom is 0.348 e. The number of aryl methyl sites for hydroxylation is 1. The van der Waals surface area contributed by atoms with Crippen LogP contribution in [0.25, 0.3) is 40.0 Å². The minimum absolute atomic E-state index is 0.115. The Kier molecular flexibility index (Phi) is 11.9. The monoisotopic (exact) mass is 733 g/mol. The predicted molar refractivity (Wildman–Crippen MR) is 215 cm³/mol. The lowest BCUT2D eigenvalue weighted by atomic mass is 10.00. The molecular weight excluding hydrogens is 691 g/mol. The van der Waals surface area contributed by atoms with Crippen molar-refractivity contribution in [3.63, 3.8) is 0 Å². The van der Waals surface area contributed by atoms with Crippen LogP contribution in [-0.2, 0) is 20.8 Å². The molecule has 4 heterocycles. The van der Waals surface area contributed by atoms with Crippen LogP contribution < -0.4 is 10.2 Å². The zero-order chi connectivity index (χ0) is 37.8. The number of carbonyl (C=O) groups excluding carboxylic acids is 1. The summed E-state index contributed by atoms with van der Waals surface area (Å²) >= 11 is 0. The number of nitrogens with one attached hydrogen (secondary N) is 3. The van der Waals surface area contributed by atoms with Gasteiger partial charge in [0.2, 0.25) is 12.0 Å². The average Bonchev–Trinajstić information content (AvgIpc) is 4.08. The molecule has 1 amide bonds. The first-order valence-electron chi connectivity index (χ1n) is 18.5. The summed E-state index contributed by atoms with van der Waals surface area (Å²) in [6.07, 6.45) is 12.0. The Hall–Kier alpha value is -6.75. The second-order valence-electron chi connectivity index (χ2n) is 13.4. The number of nitrogens with zero attached hydrogens (tertiary/aromatic N) is 4. The van der Waals surface area contributed by atoms with Crippen molar-refractivity contribution in [3.8, 4) is 33.9 Å². The number of imidazole rings is 2. The summed E-state index contributed by atoms with van der Waals surface area (Å²) in [6, 6.07) is 34.6. The van der Waals surface area contributed by atoms with Crippen LogP contribution >= 0.6 is 0 Å². The molecule has 1 unspecified atom stereocenters. The lowest BCUT2D eigenvalue weighted by molar-refractivity contribution is -0.148. The molecular formula is C44H43N7O4. The third-order valence-electron chi connectivity index (χ3n) is 9.57. The lowest BCUT2D eigenvalue weighted by Crippen LogP contribution is -2.22. The first-order valence-corrected chi connectivity index (χ1v) is 18.5. The zero-order valence-electron chi connectivity index (χ0n) is 30.4. The van der Waals surface area contributed by atoms with E-state index in [0.717, 1.165) is 71.0 Å². The first kappa shape index (κ1) is 36.6. The highest BCUT2D eigenvalue weighted by Crippen LogP contribution is 2.34. The van der Waals surface area contributed by atoms with E-state index in [2.05, 4.69) is 66.7 Å². The van der Waals surface area contributed by atoms with Crippen LogP contribution in [-0.4, -0.2) is 68.4 Å². The van der Waals surface area contributed by atoms with Crippen LogP contribution in [0.1, 0.15) is 42.4 Å². The van der Waals surface area contributed by atoms with Crippen molar-refractivity contribution in [2.24, 2.45) is 5.16 Å². The SMILES string of the molecule is O=C(/C=C/c1ccc(-c2[nH]c(-c3ccc(N4CCCC4)cc3)nc2-c2ccc(C3=NOC(C(=O)O)C3)cc2)cc1)NCCCc1ccccc1.c1c[nH]cn1. The molecule has 4 N–H and O–H groups in total. The van der Waals surface area contributed by atoms with Gasteiger partial charge in [-0.05, 0) is 72.7 Å². The molecule has 1 saturated heterocycles. The normalized spacial score (nSPS) is 14.9. The molecule has 6 aromatic rings. The Bertz CT molecular complexity index is 2190. The van der Waals surface area contributed by atoms with Crippen LogP contribution in [0.2, 0.25) is 0 Å². The number of anilines is 1. The van der Waals surface area contributed by atoms with Crippen LogP contribution in [0.5, 0.6) is 0 Å². The van der Waals surface area contributed by atoms with Gasteiger partial charge < -0.3 is 30.1 Å². The minimum atomic E-state index is -1.03. The Labute approximate surface area is 319 Å². The number of hydrogen-bond acceptors (Lipinski definition) is 7. The molecule has 2 aliphatic rings. The van der Waals surface area contributed by atoms with Gasteiger partial charge in [-0.1, -0.05) is 84.0 Å². The summed E-state index contributed by atoms with van der Waals surface area (Å²) in [5.74, 6) is -0.380. The molecule has 1 atom stereocenters. The second-order valence-corrected chi connectivity index (χ2v) is 13.4. The number of hydrogen-bond donors (Lipinski definition) is 4. The largest absolute Gasteiger partial charge is 0.478 e. The fourth-order valence-corrected chi connectivity index (χ4v) is 6.59. The van der Waals surface area contributed by atoms with Crippen LogP contribution in [0, 0.1) is 0 Å². The van der Waals surface area contributed by atoms with Gasteiger partial charge in [0.15, 0.2) is 0 Å². The molecule has 55 heavy (non-hydrogen) atoms. The van der Waals surface area contributed by atoms with Crippen LogP contribution in [0.3, 0.4) is 0 Å². The van der Waals surface area contributed by atoms with E-state index in [1.807, 2.05) is 72.8 Å². The Morgan fingerprint density at radius 1 is 0.873 bits per heavy atom. The molecule has 8 rings (SSSR count). The topological polar surface area (TPSA) is 149 Å². The average molecular weight is 734 g/mol. The molecule has 2 aliphatic heterocycles. The van der Waals surface area contributed by atoms with E-state index in [-0.39, 0.29) is 12.3 Å². The number of carboxylic acid groups (broad SMARTS) is 1. The van der Waals surface area contributed by atoms with Gasteiger partial charge in [-0.2, -0.15) is 0 Å². The second kappa shape index (κ2) is 17.8. The van der Waals surface area contributed by atoms with Gasteiger partial charge in [-0.3, -0.25) is 4.79 Å². The van der Waals surface area contributed by atoms with Gasteiger partial charge >= 0.3 is 5.97 Å². The van der Waals surface area contributed by atoms with E-state index >= 15 is 0 Å². The highest BCUT2D eigenvalue weighted by molar-refractivity contribution is 6.03. The van der Waals surface area contributed by atoms with Crippen molar-refractivity contribution < 1.29 is 19.5 Å². The maximum atomic E-state index is 12.5. The number of aromatic nitrogens is 4. The summed E-state index contributed by atoms with van der Waals surface area (Å²) in [4.78, 5) is 46.4. The van der Waals surface area contributed by atoms with E-state index in [1.54, 1.807) is 24.8 Å². The Balaban J connectivity index is 0.000000862. The third-order valence-corrected chi connectivity index (χ3v) is 9.57. The number of amides is 1. The van der Waals surface area contributed by atoms with Crippen molar-refractivity contribution >= 4 is 29.4 Å². The van der Waals surface area contributed by atoms with E-state index < -0.39 is 12.1 Å². The molecule has 11 nitrogen and oxygen atoms in total. The summed E-state index contributed by atoms with van der Waals surface area (Å²) in [6.45, 7) is 2.80. The fraction of sp³-hybridized carbons (Fsp3) is 0.205. The first-order chi connectivity index (χ1) is 27.0. The molecule has 11 heteroatoms. The molecule has 0 spiro atoms. The lowest BCUT2D eigenvalue weighted by Gasteiger charge is -2.17. The molecule has 1 fully saturated rings. The molecule has 0 aliphatic carbocycles. The van der Waals surface area contributed by atoms with Crippen LogP contribution in [0.15, 0.2) is 133 Å². The fourth-order valence-electron chi connectivity index (χ4n) is 6.59. The summed E-state index contributed by atoms with van der Waals surface area (Å²) in [5.41, 5.74) is 9.33. The van der Waals surface area contributed by atoms with Crippen molar-refractivity contribution in [3.05, 3.63) is 145 Å². The number of oxime groups is 1. The number of H-pyrrole nitrogens is 2. The van der Waals surface area contributed by atoms with E-state index in [4.69, 9.17) is 9.82 Å². The van der Waals surface area contributed by atoms with Crippen molar-refractivity contribution in [1.29, 1.82) is 0 Å². The highest BCUT2D eigenvalue weighted by Gasteiger charge is 2.28. The zero-order valence-corrected chi connectivity index (χ0v) is 30.4. The number of carbonyl (C=O) groups is 2. The van der Waals surface area contributed by atoms with E-state index in [1.165, 1.54) is 24.1 Å². The molecule has 4 aromatic carbocycles. The van der Waals surface area contributed by atoms with Gasteiger partial charge in [-0.25, -0.2) is 14.8 Å². The molecule has 278 valence electrons. The molecule has 0 saturated carbocycles. The van der Waals surface area contributed by atoms with Crippen molar-refractivity contribution in [2.45, 2.75) is 38.2 Å². The summed E-state index contributed by atoms with van der Waals surface area (Å²) in [7, 11) is 0. The summed E-state index contributed by atoms with van der Waals surface area (Å²) in [5, 5.41) is 16.3. The molecule has 0 bridgehead atoms. The highest BCUT2D eigenvalue weighted by atomic mass is 16.7.